The summed E-state index contributed by atoms with van der Waals surface area (Å²) in [6.07, 6.45) is 4.86. The van der Waals surface area contributed by atoms with Crippen molar-refractivity contribution in [1.29, 1.82) is 0 Å². The first-order valence-corrected chi connectivity index (χ1v) is 7.41. The third kappa shape index (κ3) is 6.15. The Morgan fingerprint density at radius 2 is 2.15 bits per heavy atom. The molecule has 0 fully saturated rings. The highest BCUT2D eigenvalue weighted by molar-refractivity contribution is 6.32. The van der Waals surface area contributed by atoms with E-state index < -0.39 is 0 Å². The summed E-state index contributed by atoms with van der Waals surface area (Å²) in [7, 11) is 1.60. The second-order valence-electron chi connectivity index (χ2n) is 4.66. The minimum absolute atomic E-state index is 0.480. The zero-order valence-corrected chi connectivity index (χ0v) is 13.0. The second-order valence-corrected chi connectivity index (χ2v) is 5.07. The lowest BCUT2D eigenvalue weighted by Gasteiger charge is -2.06. The predicted octanol–water partition coefficient (Wildman–Crippen LogP) is 3.33. The summed E-state index contributed by atoms with van der Waals surface area (Å²) in [4.78, 5) is 4.29. The van der Waals surface area contributed by atoms with E-state index in [1.165, 1.54) is 19.3 Å². The molecule has 0 aliphatic heterocycles. The third-order valence-corrected chi connectivity index (χ3v) is 3.28. The number of hydrogen-bond donors (Lipinski definition) is 2. The van der Waals surface area contributed by atoms with Crippen LogP contribution in [0.25, 0.3) is 0 Å². The molecule has 0 bridgehead atoms. The van der Waals surface area contributed by atoms with Crippen molar-refractivity contribution in [1.82, 2.24) is 5.32 Å². The van der Waals surface area contributed by atoms with Gasteiger partial charge in [-0.3, -0.25) is 0 Å². The van der Waals surface area contributed by atoms with Crippen molar-refractivity contribution in [3.63, 3.8) is 0 Å². The van der Waals surface area contributed by atoms with Crippen LogP contribution in [0.15, 0.2) is 23.2 Å². The standard InChI is InChI=1S/C15H24ClN3O/c1-3-4-5-6-9-18-15(17)19-11-12-7-8-14(20-2)13(16)10-12/h7-8,10H,3-6,9,11H2,1-2H3,(H3,17,18,19). The fourth-order valence-electron chi connectivity index (χ4n) is 1.81. The van der Waals surface area contributed by atoms with Gasteiger partial charge in [0.25, 0.3) is 0 Å². The molecule has 0 radical (unpaired) electrons. The molecule has 0 saturated heterocycles. The molecular formula is C15H24ClN3O. The highest BCUT2D eigenvalue weighted by Crippen LogP contribution is 2.25. The van der Waals surface area contributed by atoms with Crippen molar-refractivity contribution in [3.05, 3.63) is 28.8 Å². The monoisotopic (exact) mass is 297 g/mol. The summed E-state index contributed by atoms with van der Waals surface area (Å²) in [6, 6.07) is 5.61. The lowest BCUT2D eigenvalue weighted by atomic mass is 10.2. The number of hydrogen-bond acceptors (Lipinski definition) is 2. The normalized spacial score (nSPS) is 11.4. The highest BCUT2D eigenvalue weighted by atomic mass is 35.5. The Kier molecular flexibility index (Phi) is 7.88. The number of halogens is 1. The van der Waals surface area contributed by atoms with Gasteiger partial charge in [0.2, 0.25) is 0 Å². The van der Waals surface area contributed by atoms with Gasteiger partial charge in [0.1, 0.15) is 5.75 Å². The van der Waals surface area contributed by atoms with Gasteiger partial charge in [0.05, 0.1) is 18.7 Å². The van der Waals surface area contributed by atoms with E-state index >= 15 is 0 Å². The number of ether oxygens (including phenoxy) is 1. The molecule has 1 aromatic carbocycles. The molecule has 0 amide bonds. The molecule has 0 aromatic heterocycles. The lowest BCUT2D eigenvalue weighted by molar-refractivity contribution is 0.415. The maximum Gasteiger partial charge on any atom is 0.188 e. The zero-order chi connectivity index (χ0) is 14.8. The number of nitrogens with two attached hydrogens (primary N) is 1. The van der Waals surface area contributed by atoms with Gasteiger partial charge in [0.15, 0.2) is 5.96 Å². The predicted molar refractivity (Wildman–Crippen MR) is 85.5 cm³/mol. The Bertz CT molecular complexity index is 435. The molecule has 0 unspecified atom stereocenters. The van der Waals surface area contributed by atoms with Crippen molar-refractivity contribution in [3.8, 4) is 5.75 Å². The number of nitrogens with zero attached hydrogens (tertiary/aromatic N) is 1. The first-order chi connectivity index (χ1) is 9.67. The average molecular weight is 298 g/mol. The summed E-state index contributed by atoms with van der Waals surface area (Å²) in [5, 5.41) is 3.71. The molecule has 4 nitrogen and oxygen atoms in total. The fourth-order valence-corrected chi connectivity index (χ4v) is 2.09. The first-order valence-electron chi connectivity index (χ1n) is 7.03. The molecule has 0 aliphatic rings. The van der Waals surface area contributed by atoms with Crippen LogP contribution in [0.5, 0.6) is 5.75 Å². The molecule has 0 atom stereocenters. The number of unbranched alkanes of at least 4 members (excludes halogenated alkanes) is 3. The largest absolute Gasteiger partial charge is 0.495 e. The molecule has 1 aromatic rings. The van der Waals surface area contributed by atoms with E-state index in [1.54, 1.807) is 7.11 Å². The highest BCUT2D eigenvalue weighted by Gasteiger charge is 2.01. The maximum absolute atomic E-state index is 6.06. The molecule has 5 heteroatoms. The molecule has 20 heavy (non-hydrogen) atoms. The van der Waals surface area contributed by atoms with E-state index in [-0.39, 0.29) is 0 Å². The van der Waals surface area contributed by atoms with Gasteiger partial charge in [-0.2, -0.15) is 0 Å². The molecule has 1 rings (SSSR count). The number of rotatable bonds is 8. The van der Waals surface area contributed by atoms with E-state index in [0.717, 1.165) is 18.5 Å². The average Bonchev–Trinajstić information content (AvgIpc) is 2.45. The third-order valence-electron chi connectivity index (χ3n) is 2.98. The van der Waals surface area contributed by atoms with Gasteiger partial charge in [-0.1, -0.05) is 43.9 Å². The number of benzene rings is 1. The number of aliphatic imine (C=N–C) groups is 1. The second kappa shape index (κ2) is 9.48. The van der Waals surface area contributed by atoms with Gasteiger partial charge < -0.3 is 15.8 Å². The number of methoxy groups -OCH3 is 1. The summed E-state index contributed by atoms with van der Waals surface area (Å²) >= 11 is 6.06. The van der Waals surface area contributed by atoms with Gasteiger partial charge in [-0.25, -0.2) is 4.99 Å². The zero-order valence-electron chi connectivity index (χ0n) is 12.3. The van der Waals surface area contributed by atoms with Crippen LogP contribution in [0.3, 0.4) is 0 Å². The van der Waals surface area contributed by atoms with Crippen molar-refractivity contribution in [2.45, 2.75) is 39.2 Å². The summed E-state index contributed by atoms with van der Waals surface area (Å²) < 4.78 is 5.11. The smallest absolute Gasteiger partial charge is 0.188 e. The van der Waals surface area contributed by atoms with Gasteiger partial charge in [-0.15, -0.1) is 0 Å². The molecule has 3 N–H and O–H groups in total. The maximum atomic E-state index is 6.06. The quantitative estimate of drug-likeness (QED) is 0.439. The van der Waals surface area contributed by atoms with Crippen molar-refractivity contribution in [2.75, 3.05) is 13.7 Å². The van der Waals surface area contributed by atoms with Crippen molar-refractivity contribution < 1.29 is 4.74 Å². The Labute approximate surface area is 126 Å². The Hall–Kier alpha value is -1.42. The molecule has 0 heterocycles. The van der Waals surface area contributed by atoms with E-state index in [4.69, 9.17) is 22.1 Å². The Morgan fingerprint density at radius 3 is 2.80 bits per heavy atom. The van der Waals surface area contributed by atoms with Crippen LogP contribution in [0.2, 0.25) is 5.02 Å². The van der Waals surface area contributed by atoms with Gasteiger partial charge in [-0.05, 0) is 24.1 Å². The summed E-state index contributed by atoms with van der Waals surface area (Å²) in [6.45, 7) is 3.58. The molecule has 0 aliphatic carbocycles. The van der Waals surface area contributed by atoms with Crippen LogP contribution < -0.4 is 15.8 Å². The Morgan fingerprint density at radius 1 is 1.35 bits per heavy atom. The van der Waals surface area contributed by atoms with E-state index in [0.29, 0.717) is 23.3 Å². The Balaban J connectivity index is 2.36. The van der Waals surface area contributed by atoms with Crippen molar-refractivity contribution in [2.24, 2.45) is 10.7 Å². The van der Waals surface area contributed by atoms with E-state index in [9.17, 15) is 0 Å². The fraction of sp³-hybridized carbons (Fsp3) is 0.533. The van der Waals surface area contributed by atoms with Crippen LogP contribution >= 0.6 is 11.6 Å². The topological polar surface area (TPSA) is 59.6 Å². The van der Waals surface area contributed by atoms with E-state index in [2.05, 4.69) is 17.2 Å². The van der Waals surface area contributed by atoms with Gasteiger partial charge >= 0.3 is 0 Å². The lowest BCUT2D eigenvalue weighted by Crippen LogP contribution is -2.32. The molecule has 0 saturated carbocycles. The van der Waals surface area contributed by atoms with E-state index in [1.807, 2.05) is 18.2 Å². The van der Waals surface area contributed by atoms with Crippen LogP contribution in [0.1, 0.15) is 38.2 Å². The van der Waals surface area contributed by atoms with Gasteiger partial charge in [0, 0.05) is 6.54 Å². The summed E-state index contributed by atoms with van der Waals surface area (Å²) in [5.41, 5.74) is 6.82. The molecular weight excluding hydrogens is 274 g/mol. The molecule has 112 valence electrons. The minimum atomic E-state index is 0.480. The van der Waals surface area contributed by atoms with Crippen LogP contribution in [0.4, 0.5) is 0 Å². The van der Waals surface area contributed by atoms with Crippen LogP contribution in [-0.2, 0) is 6.54 Å². The minimum Gasteiger partial charge on any atom is -0.495 e. The number of guanidine groups is 1. The molecule has 0 spiro atoms. The first kappa shape index (κ1) is 16.6. The van der Waals surface area contributed by atoms with Crippen LogP contribution in [0, 0.1) is 0 Å². The number of nitrogens with one attached hydrogen (secondary N) is 1. The summed E-state index contributed by atoms with van der Waals surface area (Å²) in [5.74, 6) is 1.15. The SMILES string of the molecule is CCCCCCNC(N)=NCc1ccc(OC)c(Cl)c1. The van der Waals surface area contributed by atoms with Crippen LogP contribution in [-0.4, -0.2) is 19.6 Å². The van der Waals surface area contributed by atoms with Crippen molar-refractivity contribution >= 4 is 17.6 Å².